The van der Waals surface area contributed by atoms with Crippen LogP contribution in [0.1, 0.15) is 32.1 Å². The van der Waals surface area contributed by atoms with Gasteiger partial charge in [0.1, 0.15) is 12.2 Å². The molecule has 2 rings (SSSR count). The molecule has 25 heavy (non-hydrogen) atoms. The highest BCUT2D eigenvalue weighted by molar-refractivity contribution is 7.80. The molecule has 2 saturated heterocycles. The lowest BCUT2D eigenvalue weighted by molar-refractivity contribution is -0.170. The van der Waals surface area contributed by atoms with Crippen molar-refractivity contribution in [1.29, 1.82) is 0 Å². The molecule has 2 heterocycles. The predicted octanol–water partition coefficient (Wildman–Crippen LogP) is -0.284. The van der Waals surface area contributed by atoms with Gasteiger partial charge in [-0.3, -0.25) is 9.59 Å². The average Bonchev–Trinajstić information content (AvgIpc) is 2.51. The molecule has 0 bridgehead atoms. The van der Waals surface area contributed by atoms with Gasteiger partial charge in [0.15, 0.2) is 10.2 Å². The fraction of sp³-hybridized carbons (Fsp3) is 0.733. The SMILES string of the molecule is O=C1CC(CCNC(=S)NCCCNC(=S)NCCC2CC(=O)O2)O1. The van der Waals surface area contributed by atoms with Crippen LogP contribution in [0.2, 0.25) is 0 Å². The molecule has 4 N–H and O–H groups in total. The maximum atomic E-state index is 10.7. The third-order valence-electron chi connectivity index (χ3n) is 3.81. The highest BCUT2D eigenvalue weighted by Crippen LogP contribution is 2.16. The fourth-order valence-corrected chi connectivity index (χ4v) is 2.77. The summed E-state index contributed by atoms with van der Waals surface area (Å²) in [7, 11) is 0. The molecule has 0 aliphatic carbocycles. The zero-order valence-corrected chi connectivity index (χ0v) is 15.6. The Balaban J connectivity index is 1.34. The lowest BCUT2D eigenvalue weighted by Gasteiger charge is -2.25. The lowest BCUT2D eigenvalue weighted by atomic mass is 10.1. The number of rotatable bonds is 10. The molecule has 2 fully saturated rings. The van der Waals surface area contributed by atoms with Gasteiger partial charge >= 0.3 is 11.9 Å². The topological polar surface area (TPSA) is 101 Å². The summed E-state index contributed by atoms with van der Waals surface area (Å²) in [5.41, 5.74) is 0. The molecule has 0 aromatic carbocycles. The van der Waals surface area contributed by atoms with E-state index in [4.69, 9.17) is 33.9 Å². The number of cyclic esters (lactones) is 2. The second-order valence-corrected chi connectivity index (χ2v) is 6.74. The first-order valence-electron chi connectivity index (χ1n) is 8.45. The summed E-state index contributed by atoms with van der Waals surface area (Å²) in [5.74, 6) is -0.255. The van der Waals surface area contributed by atoms with Crippen LogP contribution in [0.15, 0.2) is 0 Å². The molecule has 2 aliphatic heterocycles. The van der Waals surface area contributed by atoms with Crippen LogP contribution in [0.3, 0.4) is 0 Å². The minimum Gasteiger partial charge on any atom is -0.462 e. The quantitative estimate of drug-likeness (QED) is 0.227. The van der Waals surface area contributed by atoms with Crippen LogP contribution in [0, 0.1) is 0 Å². The Hall–Kier alpha value is -1.68. The Bertz CT molecular complexity index is 458. The van der Waals surface area contributed by atoms with Gasteiger partial charge in [-0.25, -0.2) is 0 Å². The first kappa shape index (κ1) is 19.6. The minimum atomic E-state index is -0.128. The van der Waals surface area contributed by atoms with Crippen molar-refractivity contribution in [2.45, 2.75) is 44.3 Å². The van der Waals surface area contributed by atoms with Gasteiger partial charge in [0.05, 0.1) is 12.8 Å². The third-order valence-corrected chi connectivity index (χ3v) is 4.39. The summed E-state index contributed by atoms with van der Waals surface area (Å²) in [4.78, 5) is 21.3. The van der Waals surface area contributed by atoms with Crippen molar-refractivity contribution in [1.82, 2.24) is 21.3 Å². The molecule has 0 saturated carbocycles. The molecule has 8 nitrogen and oxygen atoms in total. The van der Waals surface area contributed by atoms with E-state index in [0.717, 1.165) is 32.4 Å². The molecule has 0 spiro atoms. The standard InChI is InChI=1S/C15H24N4O4S2/c20-12-8-10(22-12)2-6-18-14(24)16-4-1-5-17-15(25)19-7-3-11-9-13(21)23-11/h10-11H,1-9H2,(H2,16,18,24)(H2,17,19,25). The first-order valence-corrected chi connectivity index (χ1v) is 9.27. The summed E-state index contributed by atoms with van der Waals surface area (Å²) >= 11 is 10.3. The minimum absolute atomic E-state index is 0.0388. The van der Waals surface area contributed by atoms with Crippen molar-refractivity contribution in [3.63, 3.8) is 0 Å². The Morgan fingerprint density at radius 2 is 1.16 bits per heavy atom. The van der Waals surface area contributed by atoms with E-state index in [9.17, 15) is 9.59 Å². The highest BCUT2D eigenvalue weighted by atomic mass is 32.1. The van der Waals surface area contributed by atoms with Crippen molar-refractivity contribution in [3.05, 3.63) is 0 Å². The third kappa shape index (κ3) is 7.82. The number of carbonyl (C=O) groups is 2. The largest absolute Gasteiger partial charge is 0.462 e. The van der Waals surface area contributed by atoms with E-state index in [-0.39, 0.29) is 24.1 Å². The Labute approximate surface area is 157 Å². The normalized spacial score (nSPS) is 21.1. The first-order chi connectivity index (χ1) is 12.0. The summed E-state index contributed by atoms with van der Waals surface area (Å²) in [6, 6.07) is 0. The van der Waals surface area contributed by atoms with Crippen molar-refractivity contribution in [2.75, 3.05) is 26.2 Å². The Morgan fingerprint density at radius 3 is 1.52 bits per heavy atom. The van der Waals surface area contributed by atoms with Crippen LogP contribution in [0.5, 0.6) is 0 Å². The highest BCUT2D eigenvalue weighted by Gasteiger charge is 2.28. The van der Waals surface area contributed by atoms with Crippen molar-refractivity contribution < 1.29 is 19.1 Å². The van der Waals surface area contributed by atoms with Gasteiger partial charge in [0.25, 0.3) is 0 Å². The van der Waals surface area contributed by atoms with Gasteiger partial charge in [-0.2, -0.15) is 0 Å². The zero-order chi connectivity index (χ0) is 18.1. The van der Waals surface area contributed by atoms with Gasteiger partial charge in [0, 0.05) is 39.0 Å². The van der Waals surface area contributed by atoms with Crippen molar-refractivity contribution in [3.8, 4) is 0 Å². The molecule has 0 aromatic rings. The van der Waals surface area contributed by atoms with E-state index in [2.05, 4.69) is 21.3 Å². The molecule has 0 aromatic heterocycles. The summed E-state index contributed by atoms with van der Waals surface area (Å²) in [6.07, 6.45) is 3.50. The fourth-order valence-electron chi connectivity index (χ4n) is 2.36. The van der Waals surface area contributed by atoms with Crippen LogP contribution in [0.4, 0.5) is 0 Å². The van der Waals surface area contributed by atoms with E-state index < -0.39 is 0 Å². The van der Waals surface area contributed by atoms with Gasteiger partial charge in [-0.1, -0.05) is 0 Å². The molecule has 2 unspecified atom stereocenters. The second-order valence-electron chi connectivity index (χ2n) is 5.93. The van der Waals surface area contributed by atoms with E-state index in [1.165, 1.54) is 0 Å². The van der Waals surface area contributed by atoms with Crippen LogP contribution >= 0.6 is 24.4 Å². The molecular formula is C15H24N4O4S2. The van der Waals surface area contributed by atoms with Crippen LogP contribution in [-0.2, 0) is 19.1 Å². The van der Waals surface area contributed by atoms with E-state index >= 15 is 0 Å². The Kier molecular flexibility index (Phi) is 8.13. The Morgan fingerprint density at radius 1 is 0.800 bits per heavy atom. The molecule has 0 amide bonds. The zero-order valence-electron chi connectivity index (χ0n) is 14.0. The summed E-state index contributed by atoms with van der Waals surface area (Å²) < 4.78 is 9.84. The molecule has 2 aliphatic rings. The number of esters is 2. The van der Waals surface area contributed by atoms with Gasteiger partial charge < -0.3 is 30.7 Å². The predicted molar refractivity (Wildman–Crippen MR) is 100 cm³/mol. The van der Waals surface area contributed by atoms with Crippen molar-refractivity contribution >= 4 is 46.6 Å². The van der Waals surface area contributed by atoms with E-state index in [1.807, 2.05) is 0 Å². The summed E-state index contributed by atoms with van der Waals surface area (Å²) in [5, 5.41) is 13.6. The van der Waals surface area contributed by atoms with Crippen molar-refractivity contribution in [2.24, 2.45) is 0 Å². The molecule has 2 atom stereocenters. The monoisotopic (exact) mass is 388 g/mol. The number of hydrogen-bond donors (Lipinski definition) is 4. The number of thiocarbonyl (C=S) groups is 2. The van der Waals surface area contributed by atoms with Gasteiger partial charge in [-0.05, 0) is 30.9 Å². The molecule has 0 radical (unpaired) electrons. The molecule has 140 valence electrons. The maximum Gasteiger partial charge on any atom is 0.309 e. The number of carbonyl (C=O) groups excluding carboxylic acids is 2. The van der Waals surface area contributed by atoms with E-state index in [1.54, 1.807) is 0 Å². The lowest BCUT2D eigenvalue weighted by Crippen LogP contribution is -2.42. The summed E-state index contributed by atoms with van der Waals surface area (Å²) in [6.45, 7) is 2.84. The smallest absolute Gasteiger partial charge is 0.309 e. The average molecular weight is 389 g/mol. The number of ether oxygens (including phenoxy) is 2. The van der Waals surface area contributed by atoms with Crippen LogP contribution in [0.25, 0.3) is 0 Å². The van der Waals surface area contributed by atoms with E-state index in [0.29, 0.717) is 36.2 Å². The number of hydrogen-bond acceptors (Lipinski definition) is 6. The molecule has 10 heteroatoms. The van der Waals surface area contributed by atoms with Gasteiger partial charge in [0.2, 0.25) is 0 Å². The van der Waals surface area contributed by atoms with Crippen LogP contribution in [-0.4, -0.2) is 60.6 Å². The molecular weight excluding hydrogens is 364 g/mol. The second kappa shape index (κ2) is 10.3. The van der Waals surface area contributed by atoms with Crippen LogP contribution < -0.4 is 21.3 Å². The number of nitrogens with one attached hydrogen (secondary N) is 4. The maximum absolute atomic E-state index is 10.7. The van der Waals surface area contributed by atoms with Gasteiger partial charge in [-0.15, -0.1) is 0 Å².